The van der Waals surface area contributed by atoms with E-state index in [0.29, 0.717) is 0 Å². The molecule has 1 unspecified atom stereocenters. The summed E-state index contributed by atoms with van der Waals surface area (Å²) in [6.45, 7) is 2.07. The average molecular weight is 282 g/mol. The molecule has 0 aromatic carbocycles. The summed E-state index contributed by atoms with van der Waals surface area (Å²) in [7, 11) is 0. The van der Waals surface area contributed by atoms with E-state index in [0.717, 1.165) is 22.1 Å². The summed E-state index contributed by atoms with van der Waals surface area (Å²) in [5.74, 6) is 0. The van der Waals surface area contributed by atoms with Crippen LogP contribution in [0.1, 0.15) is 22.2 Å². The predicted molar refractivity (Wildman–Crippen MR) is 79.5 cm³/mol. The number of imidazole rings is 1. The number of aromatic amines is 1. The molecule has 0 saturated carbocycles. The molecule has 0 aliphatic heterocycles. The molecular formula is C15H14N4S. The number of aromatic nitrogens is 4. The van der Waals surface area contributed by atoms with Crippen molar-refractivity contribution in [2.75, 3.05) is 0 Å². The van der Waals surface area contributed by atoms with Crippen LogP contribution in [0.2, 0.25) is 0 Å². The summed E-state index contributed by atoms with van der Waals surface area (Å²) in [5.41, 5.74) is 3.16. The van der Waals surface area contributed by atoms with Crippen molar-refractivity contribution in [3.8, 4) is 0 Å². The van der Waals surface area contributed by atoms with Gasteiger partial charge in [-0.25, -0.2) is 4.98 Å². The molecule has 0 fully saturated rings. The van der Waals surface area contributed by atoms with Gasteiger partial charge in [-0.1, -0.05) is 23.9 Å². The number of hydrogen-bond acceptors (Lipinski definition) is 4. The first-order chi connectivity index (χ1) is 9.84. The van der Waals surface area contributed by atoms with Crippen molar-refractivity contribution in [1.29, 1.82) is 0 Å². The number of nitrogens with zero attached hydrogens (tertiary/aromatic N) is 3. The van der Waals surface area contributed by atoms with Gasteiger partial charge in [-0.3, -0.25) is 9.97 Å². The fourth-order valence-electron chi connectivity index (χ4n) is 1.99. The lowest BCUT2D eigenvalue weighted by molar-refractivity contribution is 0.954. The van der Waals surface area contributed by atoms with Gasteiger partial charge in [0.05, 0.1) is 16.6 Å². The second-order valence-corrected chi connectivity index (χ2v) is 5.45. The minimum Gasteiger partial charge on any atom is -0.340 e. The Kier molecular flexibility index (Phi) is 3.78. The van der Waals surface area contributed by atoms with E-state index < -0.39 is 0 Å². The van der Waals surface area contributed by atoms with Crippen molar-refractivity contribution < 1.29 is 0 Å². The molecule has 3 rings (SSSR count). The molecule has 0 bridgehead atoms. The number of H-pyrrole nitrogens is 1. The minimum absolute atomic E-state index is 0.0311. The molecule has 5 heteroatoms. The average Bonchev–Trinajstić information content (AvgIpc) is 3.00. The third kappa shape index (κ3) is 2.72. The molecule has 3 heterocycles. The van der Waals surface area contributed by atoms with Gasteiger partial charge in [0.1, 0.15) is 0 Å². The van der Waals surface area contributed by atoms with Crippen molar-refractivity contribution >= 4 is 11.8 Å². The van der Waals surface area contributed by atoms with Gasteiger partial charge in [0.2, 0.25) is 0 Å². The normalized spacial score (nSPS) is 12.2. The molecule has 1 atom stereocenters. The monoisotopic (exact) mass is 282 g/mol. The maximum Gasteiger partial charge on any atom is 0.166 e. The summed E-state index contributed by atoms with van der Waals surface area (Å²) < 4.78 is 0. The Morgan fingerprint density at radius 3 is 2.60 bits per heavy atom. The van der Waals surface area contributed by atoms with Gasteiger partial charge < -0.3 is 4.98 Å². The van der Waals surface area contributed by atoms with Gasteiger partial charge in [-0.05, 0) is 30.7 Å². The maximum atomic E-state index is 4.53. The van der Waals surface area contributed by atoms with Crippen LogP contribution in [-0.4, -0.2) is 19.9 Å². The van der Waals surface area contributed by atoms with Crippen LogP contribution in [0.15, 0.2) is 60.3 Å². The van der Waals surface area contributed by atoms with Crippen molar-refractivity contribution in [1.82, 2.24) is 19.9 Å². The first-order valence-electron chi connectivity index (χ1n) is 6.33. The number of thioether (sulfide) groups is 1. The van der Waals surface area contributed by atoms with Gasteiger partial charge >= 0.3 is 0 Å². The Morgan fingerprint density at radius 1 is 1.00 bits per heavy atom. The topological polar surface area (TPSA) is 54.5 Å². The summed E-state index contributed by atoms with van der Waals surface area (Å²) in [6.07, 6.45) is 7.20. The molecule has 3 aromatic heterocycles. The summed E-state index contributed by atoms with van der Waals surface area (Å²) in [4.78, 5) is 16.4. The number of pyridine rings is 2. The SMILES string of the molecule is Cc1cccnc1C(Sc1ncc[nH]1)c1ccccn1. The third-order valence-electron chi connectivity index (χ3n) is 2.96. The Balaban J connectivity index is 2.02. The van der Waals surface area contributed by atoms with E-state index in [9.17, 15) is 0 Å². The number of aryl methyl sites for hydroxylation is 1. The van der Waals surface area contributed by atoms with Crippen LogP contribution in [0.25, 0.3) is 0 Å². The van der Waals surface area contributed by atoms with E-state index in [1.54, 1.807) is 18.0 Å². The first kappa shape index (κ1) is 12.9. The smallest absolute Gasteiger partial charge is 0.166 e. The molecule has 100 valence electrons. The molecule has 0 aliphatic carbocycles. The third-order valence-corrected chi connectivity index (χ3v) is 4.10. The molecule has 1 N–H and O–H groups in total. The molecular weight excluding hydrogens is 268 g/mol. The lowest BCUT2D eigenvalue weighted by Gasteiger charge is -2.16. The van der Waals surface area contributed by atoms with Gasteiger partial charge in [-0.2, -0.15) is 0 Å². The molecule has 20 heavy (non-hydrogen) atoms. The van der Waals surface area contributed by atoms with Crippen LogP contribution in [-0.2, 0) is 0 Å². The molecule has 0 aliphatic rings. The molecule has 0 saturated heterocycles. The van der Waals surface area contributed by atoms with Crippen molar-refractivity contribution in [3.63, 3.8) is 0 Å². The molecule has 0 spiro atoms. The van der Waals surface area contributed by atoms with E-state index in [4.69, 9.17) is 0 Å². The lowest BCUT2D eigenvalue weighted by Crippen LogP contribution is -2.04. The van der Waals surface area contributed by atoms with Crippen LogP contribution in [0.5, 0.6) is 0 Å². The standard InChI is InChI=1S/C15H14N4S/c1-11-5-4-8-17-13(11)14(12-6-2-3-7-16-12)20-15-18-9-10-19-15/h2-10,14H,1H3,(H,18,19). The van der Waals surface area contributed by atoms with Gasteiger partial charge in [0, 0.05) is 24.8 Å². The zero-order valence-electron chi connectivity index (χ0n) is 11.0. The lowest BCUT2D eigenvalue weighted by atomic mass is 10.1. The fraction of sp³-hybridized carbons (Fsp3) is 0.133. The number of rotatable bonds is 4. The Hall–Kier alpha value is -2.14. The van der Waals surface area contributed by atoms with Crippen molar-refractivity contribution in [2.24, 2.45) is 0 Å². The summed E-state index contributed by atoms with van der Waals surface area (Å²) >= 11 is 1.62. The summed E-state index contributed by atoms with van der Waals surface area (Å²) in [5, 5.41) is 0.897. The van der Waals surface area contributed by atoms with Crippen molar-refractivity contribution in [3.05, 3.63) is 72.1 Å². The zero-order chi connectivity index (χ0) is 13.8. The number of nitrogens with one attached hydrogen (secondary N) is 1. The van der Waals surface area contributed by atoms with Gasteiger partial charge in [0.15, 0.2) is 5.16 Å². The van der Waals surface area contributed by atoms with Crippen LogP contribution >= 0.6 is 11.8 Å². The van der Waals surface area contributed by atoms with Crippen LogP contribution < -0.4 is 0 Å². The van der Waals surface area contributed by atoms with E-state index >= 15 is 0 Å². The molecule has 0 amide bonds. The first-order valence-corrected chi connectivity index (χ1v) is 7.21. The second-order valence-electron chi connectivity index (χ2n) is 4.35. The van der Waals surface area contributed by atoms with E-state index in [-0.39, 0.29) is 5.25 Å². The van der Waals surface area contributed by atoms with Crippen LogP contribution in [0.3, 0.4) is 0 Å². The van der Waals surface area contributed by atoms with E-state index in [1.165, 1.54) is 0 Å². The zero-order valence-corrected chi connectivity index (χ0v) is 11.8. The highest BCUT2D eigenvalue weighted by atomic mass is 32.2. The highest BCUT2D eigenvalue weighted by Crippen LogP contribution is 2.38. The summed E-state index contributed by atoms with van der Waals surface area (Å²) in [6, 6.07) is 9.96. The predicted octanol–water partition coefficient (Wildman–Crippen LogP) is 3.39. The molecule has 0 radical (unpaired) electrons. The highest BCUT2D eigenvalue weighted by molar-refractivity contribution is 7.99. The number of hydrogen-bond donors (Lipinski definition) is 1. The molecule has 4 nitrogen and oxygen atoms in total. The maximum absolute atomic E-state index is 4.53. The van der Waals surface area contributed by atoms with E-state index in [1.807, 2.05) is 42.9 Å². The minimum atomic E-state index is 0.0311. The largest absolute Gasteiger partial charge is 0.340 e. The second kappa shape index (κ2) is 5.88. The molecule has 3 aromatic rings. The Bertz CT molecular complexity index is 667. The highest BCUT2D eigenvalue weighted by Gasteiger charge is 2.21. The van der Waals surface area contributed by atoms with Crippen molar-refractivity contribution in [2.45, 2.75) is 17.3 Å². The Labute approximate surface area is 121 Å². The van der Waals surface area contributed by atoms with E-state index in [2.05, 4.69) is 32.9 Å². The fourth-order valence-corrected chi connectivity index (χ4v) is 3.09. The Morgan fingerprint density at radius 2 is 1.90 bits per heavy atom. The van der Waals surface area contributed by atoms with Gasteiger partial charge in [-0.15, -0.1) is 0 Å². The van der Waals surface area contributed by atoms with Crippen LogP contribution in [0, 0.1) is 6.92 Å². The van der Waals surface area contributed by atoms with Gasteiger partial charge in [0.25, 0.3) is 0 Å². The quantitative estimate of drug-likeness (QED) is 0.745. The van der Waals surface area contributed by atoms with Crippen LogP contribution in [0.4, 0.5) is 0 Å².